The van der Waals surface area contributed by atoms with Crippen LogP contribution in [0.2, 0.25) is 0 Å². The Kier molecular flexibility index (Phi) is 14.4. The first-order valence-corrected chi connectivity index (χ1v) is 6.75. The molecule has 0 aromatic carbocycles. The van der Waals surface area contributed by atoms with Gasteiger partial charge in [-0.2, -0.15) is 0 Å². The maximum Gasteiger partial charge on any atom is 0.152 e. The summed E-state index contributed by atoms with van der Waals surface area (Å²) in [6.07, 6.45) is 10.2. The Bertz CT molecular complexity index is 216. The van der Waals surface area contributed by atoms with Crippen LogP contribution in [0, 0.1) is 11.8 Å². The van der Waals surface area contributed by atoms with Gasteiger partial charge in [0.2, 0.25) is 0 Å². The summed E-state index contributed by atoms with van der Waals surface area (Å²) >= 11 is 0. The minimum Gasteiger partial charge on any atom is -0.295 e. The topological polar surface area (TPSA) is 17.1 Å². The first-order valence-electron chi connectivity index (χ1n) is 6.75. The Morgan fingerprint density at radius 1 is 1.12 bits per heavy atom. The van der Waals surface area contributed by atoms with E-state index < -0.39 is 0 Å². The molecule has 2 atom stereocenters. The molecule has 0 rings (SSSR count). The Balaban J connectivity index is 0. The highest BCUT2D eigenvalue weighted by atomic mass is 16.1. The molecular formula is C16H30O. The van der Waals surface area contributed by atoms with Gasteiger partial charge in [-0.15, -0.1) is 6.58 Å². The number of hydrogen-bond donors (Lipinski definition) is 0. The fourth-order valence-corrected chi connectivity index (χ4v) is 1.08. The standard InChI is InChI=1S/C9H16O.C7H14/c1-4-8(2)6-5-7-9(3)10;1-4-6-7(3)5-2/h5,7-8H,4,6H2,1-3H3;4,7H,1,5-6H2,2-3H3/b7-5+;. The van der Waals surface area contributed by atoms with Crippen LogP contribution in [0.1, 0.15) is 60.3 Å². The van der Waals surface area contributed by atoms with Gasteiger partial charge in [0.15, 0.2) is 5.78 Å². The second-order valence-corrected chi connectivity index (χ2v) is 4.80. The molecule has 0 heterocycles. The van der Waals surface area contributed by atoms with Crippen molar-refractivity contribution < 1.29 is 4.79 Å². The lowest BCUT2D eigenvalue weighted by atomic mass is 10.1. The molecule has 0 bridgehead atoms. The van der Waals surface area contributed by atoms with Crippen molar-refractivity contribution in [2.45, 2.75) is 60.3 Å². The predicted molar refractivity (Wildman–Crippen MR) is 78.2 cm³/mol. The van der Waals surface area contributed by atoms with Crippen LogP contribution < -0.4 is 0 Å². The zero-order valence-electron chi connectivity index (χ0n) is 12.3. The van der Waals surface area contributed by atoms with E-state index in [1.54, 1.807) is 13.0 Å². The highest BCUT2D eigenvalue weighted by Crippen LogP contribution is 2.06. The third-order valence-corrected chi connectivity index (χ3v) is 2.85. The lowest BCUT2D eigenvalue weighted by Gasteiger charge is -2.01. The van der Waals surface area contributed by atoms with Crippen LogP contribution in [-0.2, 0) is 4.79 Å². The van der Waals surface area contributed by atoms with Crippen LogP contribution in [0.15, 0.2) is 24.8 Å². The normalized spacial score (nSPS) is 13.7. The zero-order valence-corrected chi connectivity index (χ0v) is 12.3. The Morgan fingerprint density at radius 3 is 1.88 bits per heavy atom. The minimum atomic E-state index is 0.142. The van der Waals surface area contributed by atoms with Crippen molar-refractivity contribution in [3.63, 3.8) is 0 Å². The number of carbonyl (C=O) groups is 1. The second-order valence-electron chi connectivity index (χ2n) is 4.80. The number of hydrogen-bond acceptors (Lipinski definition) is 1. The van der Waals surface area contributed by atoms with Crippen molar-refractivity contribution in [2.75, 3.05) is 0 Å². The second kappa shape index (κ2) is 13.2. The molecule has 0 amide bonds. The molecule has 1 nitrogen and oxygen atoms in total. The summed E-state index contributed by atoms with van der Waals surface area (Å²) in [5.41, 5.74) is 0. The van der Waals surface area contributed by atoms with Gasteiger partial charge in [-0.05, 0) is 37.7 Å². The van der Waals surface area contributed by atoms with Gasteiger partial charge in [-0.1, -0.05) is 52.7 Å². The van der Waals surface area contributed by atoms with Crippen LogP contribution >= 0.6 is 0 Å². The van der Waals surface area contributed by atoms with Crippen molar-refractivity contribution in [2.24, 2.45) is 11.8 Å². The molecule has 0 spiro atoms. The molecule has 100 valence electrons. The van der Waals surface area contributed by atoms with Gasteiger partial charge in [-0.3, -0.25) is 4.79 Å². The monoisotopic (exact) mass is 238 g/mol. The fourth-order valence-electron chi connectivity index (χ4n) is 1.08. The fraction of sp³-hybridized carbons (Fsp3) is 0.688. The van der Waals surface area contributed by atoms with Crippen molar-refractivity contribution >= 4 is 5.78 Å². The molecular weight excluding hydrogens is 208 g/mol. The van der Waals surface area contributed by atoms with E-state index in [4.69, 9.17) is 0 Å². The molecule has 0 aliphatic rings. The maximum atomic E-state index is 10.4. The van der Waals surface area contributed by atoms with Crippen LogP contribution in [0.4, 0.5) is 0 Å². The highest BCUT2D eigenvalue weighted by molar-refractivity contribution is 5.87. The lowest BCUT2D eigenvalue weighted by molar-refractivity contribution is -0.112. The molecule has 0 saturated heterocycles. The summed E-state index contributed by atoms with van der Waals surface area (Å²) < 4.78 is 0. The molecule has 0 aliphatic carbocycles. The summed E-state index contributed by atoms with van der Waals surface area (Å²) in [6.45, 7) is 14.0. The van der Waals surface area contributed by atoms with Gasteiger partial charge in [0, 0.05) is 0 Å². The van der Waals surface area contributed by atoms with Crippen LogP contribution in [0.25, 0.3) is 0 Å². The van der Waals surface area contributed by atoms with E-state index in [0.29, 0.717) is 5.92 Å². The van der Waals surface area contributed by atoms with E-state index in [-0.39, 0.29) is 5.78 Å². The highest BCUT2D eigenvalue weighted by Gasteiger charge is 1.93. The van der Waals surface area contributed by atoms with Gasteiger partial charge < -0.3 is 0 Å². The van der Waals surface area contributed by atoms with E-state index in [1.165, 1.54) is 12.8 Å². The van der Waals surface area contributed by atoms with E-state index in [2.05, 4.69) is 34.3 Å². The van der Waals surface area contributed by atoms with E-state index in [0.717, 1.165) is 18.8 Å². The molecule has 0 radical (unpaired) electrons. The number of allylic oxidation sites excluding steroid dienone is 3. The third kappa shape index (κ3) is 17.7. The van der Waals surface area contributed by atoms with E-state index in [1.807, 2.05) is 12.2 Å². The van der Waals surface area contributed by atoms with Gasteiger partial charge >= 0.3 is 0 Å². The smallest absolute Gasteiger partial charge is 0.152 e. The number of ketones is 1. The summed E-state index contributed by atoms with van der Waals surface area (Å²) in [5.74, 6) is 1.68. The van der Waals surface area contributed by atoms with Crippen LogP contribution in [-0.4, -0.2) is 5.78 Å². The summed E-state index contributed by atoms with van der Waals surface area (Å²) in [4.78, 5) is 10.4. The molecule has 0 N–H and O–H groups in total. The van der Waals surface area contributed by atoms with Gasteiger partial charge in [-0.25, -0.2) is 0 Å². The van der Waals surface area contributed by atoms with Gasteiger partial charge in [0.05, 0.1) is 0 Å². The summed E-state index contributed by atoms with van der Waals surface area (Å²) in [7, 11) is 0. The van der Waals surface area contributed by atoms with Gasteiger partial charge in [0.1, 0.15) is 0 Å². The summed E-state index contributed by atoms with van der Waals surface area (Å²) in [5, 5.41) is 0. The predicted octanol–water partition coefficient (Wildman–Crippen LogP) is 5.18. The quantitative estimate of drug-likeness (QED) is 0.441. The first kappa shape index (κ1) is 18.5. The van der Waals surface area contributed by atoms with Crippen molar-refractivity contribution in [3.8, 4) is 0 Å². The number of rotatable bonds is 7. The van der Waals surface area contributed by atoms with Gasteiger partial charge in [0.25, 0.3) is 0 Å². The molecule has 0 fully saturated rings. The molecule has 17 heavy (non-hydrogen) atoms. The Labute approximate surface area is 108 Å². The maximum absolute atomic E-state index is 10.4. The molecule has 1 heteroatoms. The van der Waals surface area contributed by atoms with Crippen molar-refractivity contribution in [1.82, 2.24) is 0 Å². The largest absolute Gasteiger partial charge is 0.295 e. The minimum absolute atomic E-state index is 0.142. The van der Waals surface area contributed by atoms with E-state index >= 15 is 0 Å². The molecule has 2 unspecified atom stereocenters. The van der Waals surface area contributed by atoms with E-state index in [9.17, 15) is 4.79 Å². The average molecular weight is 238 g/mol. The zero-order chi connectivity index (χ0) is 13.7. The molecule has 0 aliphatic heterocycles. The first-order chi connectivity index (χ1) is 7.97. The van der Waals surface area contributed by atoms with Crippen molar-refractivity contribution in [3.05, 3.63) is 24.8 Å². The summed E-state index contributed by atoms with van der Waals surface area (Å²) in [6, 6.07) is 0. The van der Waals surface area contributed by atoms with Crippen LogP contribution in [0.5, 0.6) is 0 Å². The average Bonchev–Trinajstić information content (AvgIpc) is 2.29. The molecule has 0 saturated carbocycles. The Morgan fingerprint density at radius 2 is 1.59 bits per heavy atom. The van der Waals surface area contributed by atoms with Crippen LogP contribution in [0.3, 0.4) is 0 Å². The number of carbonyl (C=O) groups excluding carboxylic acids is 1. The van der Waals surface area contributed by atoms with Crippen molar-refractivity contribution in [1.29, 1.82) is 0 Å². The Hall–Kier alpha value is -0.850. The molecule has 0 aromatic heterocycles. The SMILES string of the molecule is C=CCC(C)CC.CCC(C)C/C=C/C(C)=O. The lowest BCUT2D eigenvalue weighted by Crippen LogP contribution is -1.89. The third-order valence-electron chi connectivity index (χ3n) is 2.85. The molecule has 0 aromatic rings.